The summed E-state index contributed by atoms with van der Waals surface area (Å²) in [6.45, 7) is 3.28. The smallest absolute Gasteiger partial charge is 0.256 e. The summed E-state index contributed by atoms with van der Waals surface area (Å²) in [7, 11) is 1.63. The molecule has 0 spiro atoms. The van der Waals surface area contributed by atoms with Crippen molar-refractivity contribution in [3.63, 3.8) is 0 Å². The van der Waals surface area contributed by atoms with Gasteiger partial charge in [0.2, 0.25) is 0 Å². The number of carbonyl (C=O) groups is 1. The molecule has 3 aromatic rings. The molecule has 5 rings (SSSR count). The lowest BCUT2D eigenvalue weighted by atomic mass is 9.78. The van der Waals surface area contributed by atoms with Crippen molar-refractivity contribution < 1.29 is 19.4 Å². The van der Waals surface area contributed by atoms with E-state index in [4.69, 9.17) is 9.47 Å². The molecular formula is C25H27N3O4. The zero-order valence-corrected chi connectivity index (χ0v) is 18.3. The molecular weight excluding hydrogens is 406 g/mol. The van der Waals surface area contributed by atoms with Crippen molar-refractivity contribution in [1.82, 2.24) is 14.9 Å². The zero-order chi connectivity index (χ0) is 22.2. The van der Waals surface area contributed by atoms with Crippen LogP contribution < -0.4 is 9.47 Å². The number of fused-ring (bicyclic) bond motifs is 2. The summed E-state index contributed by atoms with van der Waals surface area (Å²) in [5.41, 5.74) is 2.96. The normalized spacial score (nSPS) is 24.9. The average molecular weight is 434 g/mol. The molecule has 1 aromatic heterocycles. The molecule has 166 valence electrons. The monoisotopic (exact) mass is 433 g/mol. The maximum absolute atomic E-state index is 13.3. The number of rotatable bonds is 4. The second-order valence-electron chi connectivity index (χ2n) is 8.84. The van der Waals surface area contributed by atoms with E-state index in [2.05, 4.69) is 9.97 Å². The molecule has 0 unspecified atom stereocenters. The fraction of sp³-hybridized carbons (Fsp3) is 0.400. The molecule has 1 saturated heterocycles. The molecule has 1 saturated carbocycles. The van der Waals surface area contributed by atoms with Crippen molar-refractivity contribution in [2.24, 2.45) is 11.8 Å². The van der Waals surface area contributed by atoms with Crippen LogP contribution in [0.15, 0.2) is 48.8 Å². The molecule has 1 aliphatic heterocycles. The van der Waals surface area contributed by atoms with Crippen LogP contribution in [-0.4, -0.2) is 58.3 Å². The standard InChI is InChI=1S/C25H27N3O4/c1-15-8-18(31-2)12-19(9-15)32-23-11-17-14-28(13-16(17)10-22(23)29)25(30)20-4-3-5-21-24(20)27-7-6-26-21/h3-9,12,16-17,22-23,29H,10-11,13-14H2,1-2H3/t16-,17+,22+,23+/m0/s1. The van der Waals surface area contributed by atoms with E-state index in [0.717, 1.165) is 11.3 Å². The van der Waals surface area contributed by atoms with Gasteiger partial charge in [0.25, 0.3) is 5.91 Å². The van der Waals surface area contributed by atoms with Gasteiger partial charge in [-0.1, -0.05) is 6.07 Å². The van der Waals surface area contributed by atoms with Crippen LogP contribution in [-0.2, 0) is 0 Å². The molecule has 2 aliphatic rings. The average Bonchev–Trinajstić information content (AvgIpc) is 3.20. The summed E-state index contributed by atoms with van der Waals surface area (Å²) < 4.78 is 11.5. The van der Waals surface area contributed by atoms with Crippen LogP contribution in [0.5, 0.6) is 11.5 Å². The largest absolute Gasteiger partial charge is 0.497 e. The number of hydrogen-bond acceptors (Lipinski definition) is 6. The minimum Gasteiger partial charge on any atom is -0.497 e. The number of hydrogen-bond donors (Lipinski definition) is 1. The van der Waals surface area contributed by atoms with Gasteiger partial charge in [-0.3, -0.25) is 14.8 Å². The third kappa shape index (κ3) is 3.88. The second-order valence-corrected chi connectivity index (χ2v) is 8.84. The Hall–Kier alpha value is -3.19. The SMILES string of the molecule is COc1cc(C)cc(O[C@@H]2C[C@@H]3CN(C(=O)c4cccc5nccnc45)C[C@@H]3C[C@H]2O)c1. The predicted octanol–water partition coefficient (Wildman–Crippen LogP) is 3.24. The Labute approximate surface area is 187 Å². The minimum absolute atomic E-state index is 0.0270. The Morgan fingerprint density at radius 3 is 2.62 bits per heavy atom. The Bertz CT molecular complexity index is 1150. The van der Waals surface area contributed by atoms with E-state index in [0.29, 0.717) is 54.2 Å². The number of aromatic nitrogens is 2. The van der Waals surface area contributed by atoms with E-state index in [9.17, 15) is 9.90 Å². The van der Waals surface area contributed by atoms with E-state index >= 15 is 0 Å². The molecule has 4 atom stereocenters. The Morgan fingerprint density at radius 1 is 1.06 bits per heavy atom. The first-order valence-corrected chi connectivity index (χ1v) is 11.0. The molecule has 7 heteroatoms. The quantitative estimate of drug-likeness (QED) is 0.680. The van der Waals surface area contributed by atoms with E-state index in [1.807, 2.05) is 48.2 Å². The maximum atomic E-state index is 13.3. The highest BCUT2D eigenvalue weighted by molar-refractivity contribution is 6.04. The minimum atomic E-state index is -0.568. The molecule has 1 amide bonds. The molecule has 1 aliphatic carbocycles. The number of methoxy groups -OCH3 is 1. The number of benzene rings is 2. The molecule has 2 aromatic carbocycles. The Morgan fingerprint density at radius 2 is 1.81 bits per heavy atom. The van der Waals surface area contributed by atoms with Crippen LogP contribution in [0.2, 0.25) is 0 Å². The first-order valence-electron chi connectivity index (χ1n) is 11.0. The number of para-hydroxylation sites is 1. The summed E-state index contributed by atoms with van der Waals surface area (Å²) in [5, 5.41) is 10.8. The highest BCUT2D eigenvalue weighted by atomic mass is 16.5. The van der Waals surface area contributed by atoms with Crippen LogP contribution in [0.1, 0.15) is 28.8 Å². The first-order chi connectivity index (χ1) is 15.5. The van der Waals surface area contributed by atoms with Gasteiger partial charge in [-0.2, -0.15) is 0 Å². The topological polar surface area (TPSA) is 84.8 Å². The number of carbonyl (C=O) groups excluding carboxylic acids is 1. The van der Waals surface area contributed by atoms with E-state index in [1.165, 1.54) is 0 Å². The van der Waals surface area contributed by atoms with Crippen LogP contribution in [0.25, 0.3) is 11.0 Å². The van der Waals surface area contributed by atoms with Crippen molar-refractivity contribution in [2.75, 3.05) is 20.2 Å². The molecule has 2 fully saturated rings. The summed E-state index contributed by atoms with van der Waals surface area (Å²) in [4.78, 5) is 23.9. The fourth-order valence-electron chi connectivity index (χ4n) is 5.09. The third-order valence-electron chi connectivity index (χ3n) is 6.65. The summed E-state index contributed by atoms with van der Waals surface area (Å²) in [6.07, 6.45) is 3.70. The summed E-state index contributed by atoms with van der Waals surface area (Å²) in [5.74, 6) is 1.96. The van der Waals surface area contributed by atoms with Crippen LogP contribution in [0, 0.1) is 18.8 Å². The van der Waals surface area contributed by atoms with Crippen LogP contribution >= 0.6 is 0 Å². The van der Waals surface area contributed by atoms with Crippen molar-refractivity contribution in [3.05, 3.63) is 59.9 Å². The maximum Gasteiger partial charge on any atom is 0.256 e. The molecule has 32 heavy (non-hydrogen) atoms. The van der Waals surface area contributed by atoms with Crippen molar-refractivity contribution in [3.8, 4) is 11.5 Å². The highest BCUT2D eigenvalue weighted by Crippen LogP contribution is 2.39. The number of likely N-dealkylation sites (tertiary alicyclic amines) is 1. The number of amides is 1. The van der Waals surface area contributed by atoms with Crippen molar-refractivity contribution in [2.45, 2.75) is 32.0 Å². The molecule has 7 nitrogen and oxygen atoms in total. The molecule has 0 bridgehead atoms. The number of aryl methyl sites for hydroxylation is 1. The molecule has 1 N–H and O–H groups in total. The number of aliphatic hydroxyl groups is 1. The lowest BCUT2D eigenvalue weighted by molar-refractivity contribution is -0.0232. The Kier molecular flexibility index (Phi) is 5.43. The predicted molar refractivity (Wildman–Crippen MR) is 120 cm³/mol. The second kappa shape index (κ2) is 8.39. The van der Waals surface area contributed by atoms with Gasteiger partial charge in [0.05, 0.1) is 24.3 Å². The van der Waals surface area contributed by atoms with Crippen molar-refractivity contribution >= 4 is 16.9 Å². The van der Waals surface area contributed by atoms with E-state index in [1.54, 1.807) is 19.5 Å². The van der Waals surface area contributed by atoms with E-state index < -0.39 is 6.10 Å². The highest BCUT2D eigenvalue weighted by Gasteiger charge is 2.44. The fourth-order valence-corrected chi connectivity index (χ4v) is 5.09. The van der Waals surface area contributed by atoms with Crippen molar-refractivity contribution in [1.29, 1.82) is 0 Å². The number of nitrogens with zero attached hydrogens (tertiary/aromatic N) is 3. The van der Waals surface area contributed by atoms with Gasteiger partial charge >= 0.3 is 0 Å². The zero-order valence-electron chi connectivity index (χ0n) is 18.3. The van der Waals surface area contributed by atoms with Gasteiger partial charge < -0.3 is 19.5 Å². The lowest BCUT2D eigenvalue weighted by Crippen LogP contribution is -2.42. The van der Waals surface area contributed by atoms with Gasteiger partial charge in [0.15, 0.2) is 0 Å². The van der Waals surface area contributed by atoms with Gasteiger partial charge in [-0.25, -0.2) is 0 Å². The number of aliphatic hydroxyl groups excluding tert-OH is 1. The molecule has 0 radical (unpaired) electrons. The lowest BCUT2D eigenvalue weighted by Gasteiger charge is -2.35. The summed E-state index contributed by atoms with van der Waals surface area (Å²) >= 11 is 0. The van der Waals surface area contributed by atoms with Crippen LogP contribution in [0.4, 0.5) is 0 Å². The number of ether oxygens (including phenoxy) is 2. The van der Waals surface area contributed by atoms with Gasteiger partial charge in [0, 0.05) is 31.5 Å². The Balaban J connectivity index is 1.31. The molecule has 2 heterocycles. The summed E-state index contributed by atoms with van der Waals surface area (Å²) in [6, 6.07) is 11.3. The third-order valence-corrected chi connectivity index (χ3v) is 6.65. The van der Waals surface area contributed by atoms with Gasteiger partial charge in [-0.15, -0.1) is 0 Å². The van der Waals surface area contributed by atoms with Gasteiger partial charge in [-0.05, 0) is 61.4 Å². The van der Waals surface area contributed by atoms with Crippen LogP contribution in [0.3, 0.4) is 0 Å². The van der Waals surface area contributed by atoms with Gasteiger partial charge in [0.1, 0.15) is 23.1 Å². The van der Waals surface area contributed by atoms with E-state index in [-0.39, 0.29) is 17.9 Å². The first kappa shape index (κ1) is 20.7.